The lowest BCUT2D eigenvalue weighted by atomic mass is 9.95. The molecule has 42 heavy (non-hydrogen) atoms. The topological polar surface area (TPSA) is 102 Å². The van der Waals surface area contributed by atoms with Crippen LogP contribution in [0.2, 0.25) is 5.02 Å². The van der Waals surface area contributed by atoms with Crippen molar-refractivity contribution in [1.82, 2.24) is 10.2 Å². The Bertz CT molecular complexity index is 1650. The standard InChI is InChI=1S/C31H26ClN3O5S2/c1-3-16-40-23-10-7-9-20(17-23)26-25(27(36)19-12-14-22(15-13-19)39-4-2)28(37)29(38)35(26)30-33-34-31(42-30)41-18-21-8-5-6-11-24(21)32/h3,5-15,17,26,36H,1,4,16,18H2,2H3. The predicted molar refractivity (Wildman–Crippen MR) is 165 cm³/mol. The summed E-state index contributed by atoms with van der Waals surface area (Å²) in [5.41, 5.74) is 1.80. The normalized spacial score (nSPS) is 16.0. The number of amides is 1. The lowest BCUT2D eigenvalue weighted by Gasteiger charge is -2.23. The van der Waals surface area contributed by atoms with Crippen LogP contribution in [0.15, 0.2) is 95.4 Å². The van der Waals surface area contributed by atoms with Crippen LogP contribution in [0.3, 0.4) is 0 Å². The molecule has 1 unspecified atom stereocenters. The maximum absolute atomic E-state index is 13.5. The number of carbonyl (C=O) groups excluding carboxylic acids is 2. The first-order valence-electron chi connectivity index (χ1n) is 13.0. The molecule has 1 saturated heterocycles. The number of aliphatic hydroxyl groups is 1. The number of benzene rings is 3. The summed E-state index contributed by atoms with van der Waals surface area (Å²) in [6, 6.07) is 20.2. The molecule has 8 nitrogen and oxygen atoms in total. The van der Waals surface area contributed by atoms with E-state index >= 15 is 0 Å². The third-order valence-corrected chi connectivity index (χ3v) is 8.81. The molecule has 1 aromatic heterocycles. The minimum atomic E-state index is -0.974. The molecule has 4 aromatic rings. The van der Waals surface area contributed by atoms with E-state index in [-0.39, 0.29) is 23.1 Å². The van der Waals surface area contributed by atoms with Crippen molar-refractivity contribution in [2.24, 2.45) is 0 Å². The van der Waals surface area contributed by atoms with Gasteiger partial charge in [0.1, 0.15) is 23.9 Å². The molecular formula is C31H26ClN3O5S2. The summed E-state index contributed by atoms with van der Waals surface area (Å²) < 4.78 is 11.8. The lowest BCUT2D eigenvalue weighted by Crippen LogP contribution is -2.29. The van der Waals surface area contributed by atoms with Gasteiger partial charge in [0.25, 0.3) is 5.78 Å². The van der Waals surface area contributed by atoms with Crippen molar-refractivity contribution in [3.8, 4) is 11.5 Å². The van der Waals surface area contributed by atoms with Crippen LogP contribution in [0.1, 0.15) is 29.7 Å². The Balaban J connectivity index is 1.55. The van der Waals surface area contributed by atoms with Crippen molar-refractivity contribution in [2.75, 3.05) is 18.1 Å². The Morgan fingerprint density at radius 2 is 1.86 bits per heavy atom. The molecule has 1 aliphatic rings. The third-order valence-electron chi connectivity index (χ3n) is 6.34. The molecule has 0 aliphatic carbocycles. The molecule has 0 bridgehead atoms. The summed E-state index contributed by atoms with van der Waals surface area (Å²) in [5, 5.41) is 20.8. The van der Waals surface area contributed by atoms with Crippen molar-refractivity contribution in [3.63, 3.8) is 0 Å². The van der Waals surface area contributed by atoms with Gasteiger partial charge in [-0.1, -0.05) is 77.7 Å². The van der Waals surface area contributed by atoms with Crippen LogP contribution in [-0.2, 0) is 15.3 Å². The van der Waals surface area contributed by atoms with E-state index in [9.17, 15) is 14.7 Å². The van der Waals surface area contributed by atoms with Gasteiger partial charge in [-0.15, -0.1) is 10.2 Å². The number of aromatic nitrogens is 2. The smallest absolute Gasteiger partial charge is 0.301 e. The summed E-state index contributed by atoms with van der Waals surface area (Å²) in [6.45, 7) is 6.31. The van der Waals surface area contributed by atoms with E-state index in [0.29, 0.717) is 44.3 Å². The molecule has 0 spiro atoms. The minimum absolute atomic E-state index is 0.0644. The summed E-state index contributed by atoms with van der Waals surface area (Å²) in [7, 11) is 0. The molecule has 1 N–H and O–H groups in total. The van der Waals surface area contributed by atoms with Gasteiger partial charge in [-0.05, 0) is 60.5 Å². The monoisotopic (exact) mass is 619 g/mol. The predicted octanol–water partition coefficient (Wildman–Crippen LogP) is 7.07. The van der Waals surface area contributed by atoms with Crippen molar-refractivity contribution in [3.05, 3.63) is 113 Å². The van der Waals surface area contributed by atoms with E-state index < -0.39 is 17.7 Å². The van der Waals surface area contributed by atoms with Crippen molar-refractivity contribution in [2.45, 2.75) is 23.1 Å². The first-order chi connectivity index (χ1) is 20.4. The summed E-state index contributed by atoms with van der Waals surface area (Å²) in [5.74, 6) is -0.259. The molecule has 0 radical (unpaired) electrons. The number of nitrogens with zero attached hydrogens (tertiary/aromatic N) is 3. The van der Waals surface area contributed by atoms with Crippen LogP contribution in [0, 0.1) is 0 Å². The number of aliphatic hydroxyl groups excluding tert-OH is 1. The highest BCUT2D eigenvalue weighted by molar-refractivity contribution is 8.00. The number of Topliss-reactive ketones (excluding diaryl/α,β-unsaturated/α-hetero) is 1. The van der Waals surface area contributed by atoms with Crippen molar-refractivity contribution in [1.29, 1.82) is 0 Å². The fourth-order valence-corrected chi connectivity index (χ4v) is 6.57. The highest BCUT2D eigenvalue weighted by atomic mass is 35.5. The number of anilines is 1. The van der Waals surface area contributed by atoms with Gasteiger partial charge in [-0.2, -0.15) is 0 Å². The Morgan fingerprint density at radius 1 is 1.07 bits per heavy atom. The number of rotatable bonds is 11. The number of ether oxygens (including phenoxy) is 2. The van der Waals surface area contributed by atoms with Crippen molar-refractivity contribution >= 4 is 57.3 Å². The van der Waals surface area contributed by atoms with Gasteiger partial charge in [0.2, 0.25) is 5.13 Å². The molecule has 1 fully saturated rings. The van der Waals surface area contributed by atoms with Gasteiger partial charge >= 0.3 is 5.91 Å². The van der Waals surface area contributed by atoms with Crippen molar-refractivity contribution < 1.29 is 24.2 Å². The fraction of sp³-hybridized carbons (Fsp3) is 0.161. The van der Waals surface area contributed by atoms with Gasteiger partial charge in [0, 0.05) is 16.3 Å². The SMILES string of the molecule is C=CCOc1cccc(C2C(=C(O)c3ccc(OCC)cc3)C(=O)C(=O)N2c2nnc(SCc3ccccc3Cl)s2)c1. The van der Waals surface area contributed by atoms with Crippen LogP contribution in [-0.4, -0.2) is 40.2 Å². The van der Waals surface area contributed by atoms with Crippen LogP contribution in [0.4, 0.5) is 5.13 Å². The first kappa shape index (κ1) is 29.4. The van der Waals surface area contributed by atoms with Crippen LogP contribution < -0.4 is 14.4 Å². The van der Waals surface area contributed by atoms with Crippen LogP contribution >= 0.6 is 34.7 Å². The Labute approximate surface area is 256 Å². The van der Waals surface area contributed by atoms with E-state index in [1.807, 2.05) is 31.2 Å². The van der Waals surface area contributed by atoms with Gasteiger partial charge < -0.3 is 14.6 Å². The highest BCUT2D eigenvalue weighted by Crippen LogP contribution is 2.44. The zero-order valence-corrected chi connectivity index (χ0v) is 24.9. The zero-order valence-electron chi connectivity index (χ0n) is 22.5. The quantitative estimate of drug-likeness (QED) is 0.0475. The number of carbonyl (C=O) groups is 2. The number of hydrogen-bond acceptors (Lipinski definition) is 9. The lowest BCUT2D eigenvalue weighted by molar-refractivity contribution is -0.132. The minimum Gasteiger partial charge on any atom is -0.507 e. The third kappa shape index (κ3) is 6.20. The van der Waals surface area contributed by atoms with E-state index in [1.54, 1.807) is 54.6 Å². The van der Waals surface area contributed by atoms with E-state index in [2.05, 4.69) is 16.8 Å². The summed E-state index contributed by atoms with van der Waals surface area (Å²) >= 11 is 8.90. The summed E-state index contributed by atoms with van der Waals surface area (Å²) in [6.07, 6.45) is 1.62. The molecule has 1 atom stereocenters. The molecule has 3 aromatic carbocycles. The average molecular weight is 620 g/mol. The number of thioether (sulfide) groups is 1. The second-order valence-electron chi connectivity index (χ2n) is 9.03. The number of halogens is 1. The van der Waals surface area contributed by atoms with Gasteiger partial charge in [-0.25, -0.2) is 0 Å². The fourth-order valence-electron chi connectivity index (χ4n) is 4.42. The van der Waals surface area contributed by atoms with Gasteiger partial charge in [-0.3, -0.25) is 14.5 Å². The van der Waals surface area contributed by atoms with Crippen LogP contribution in [0.25, 0.3) is 5.76 Å². The molecular weight excluding hydrogens is 594 g/mol. The molecule has 2 heterocycles. The second kappa shape index (κ2) is 13.2. The summed E-state index contributed by atoms with van der Waals surface area (Å²) in [4.78, 5) is 28.4. The number of ketones is 1. The molecule has 11 heteroatoms. The molecule has 5 rings (SSSR count). The van der Waals surface area contributed by atoms with Crippen LogP contribution in [0.5, 0.6) is 11.5 Å². The highest BCUT2D eigenvalue weighted by Gasteiger charge is 2.48. The second-order valence-corrected chi connectivity index (χ2v) is 11.6. The molecule has 1 amide bonds. The Hall–Kier alpha value is -4.12. The Kier molecular flexibility index (Phi) is 9.26. The van der Waals surface area contributed by atoms with E-state index in [4.69, 9.17) is 21.1 Å². The number of hydrogen-bond donors (Lipinski definition) is 1. The largest absolute Gasteiger partial charge is 0.507 e. The average Bonchev–Trinajstić information content (AvgIpc) is 3.57. The van der Waals surface area contributed by atoms with E-state index in [0.717, 1.165) is 5.56 Å². The molecule has 1 aliphatic heterocycles. The van der Waals surface area contributed by atoms with Gasteiger partial charge in [0.15, 0.2) is 4.34 Å². The molecule has 214 valence electrons. The van der Waals surface area contributed by atoms with Gasteiger partial charge in [0.05, 0.1) is 18.2 Å². The maximum Gasteiger partial charge on any atom is 0.301 e. The Morgan fingerprint density at radius 3 is 2.60 bits per heavy atom. The molecule has 0 saturated carbocycles. The maximum atomic E-state index is 13.5. The van der Waals surface area contributed by atoms with E-state index in [1.165, 1.54) is 28.0 Å². The zero-order chi connectivity index (χ0) is 29.6. The first-order valence-corrected chi connectivity index (χ1v) is 15.2.